The molecule has 0 aliphatic carbocycles. The van der Waals surface area contributed by atoms with E-state index in [4.69, 9.17) is 14.2 Å². The van der Waals surface area contributed by atoms with Gasteiger partial charge in [-0.1, -0.05) is 45.0 Å². The summed E-state index contributed by atoms with van der Waals surface area (Å²) in [5, 5.41) is 0. The number of carbonyl (C=O) groups is 2. The summed E-state index contributed by atoms with van der Waals surface area (Å²) in [6.07, 6.45) is -0.881. The molecule has 0 radical (unpaired) electrons. The predicted octanol–water partition coefficient (Wildman–Crippen LogP) is 4.14. The van der Waals surface area contributed by atoms with E-state index in [1.165, 1.54) is 0 Å². The number of carbonyl (C=O) groups excluding carboxylic acids is 2. The molecule has 0 amide bonds. The third-order valence-corrected chi connectivity index (χ3v) is 4.30. The molecule has 2 aromatic carbocycles. The Morgan fingerprint density at radius 2 is 1.58 bits per heavy atom. The zero-order valence-corrected chi connectivity index (χ0v) is 15.4. The van der Waals surface area contributed by atoms with Crippen molar-refractivity contribution in [3.8, 4) is 11.5 Å². The van der Waals surface area contributed by atoms with Crippen molar-refractivity contribution in [1.82, 2.24) is 0 Å². The molecule has 1 atom stereocenters. The SMILES string of the molecule is C[C@@H](OC(=O)c1ccc2c(c1)OCO2)C(=O)c1ccc(C(C)(C)C)cc1. The van der Waals surface area contributed by atoms with Gasteiger partial charge >= 0.3 is 5.97 Å². The number of rotatable bonds is 4. The third-order valence-electron chi connectivity index (χ3n) is 4.30. The second kappa shape index (κ2) is 6.83. The van der Waals surface area contributed by atoms with E-state index >= 15 is 0 Å². The van der Waals surface area contributed by atoms with E-state index in [0.717, 1.165) is 5.56 Å². The maximum atomic E-state index is 12.5. The molecule has 1 aliphatic rings. The van der Waals surface area contributed by atoms with Crippen LogP contribution in [0.15, 0.2) is 42.5 Å². The van der Waals surface area contributed by atoms with Crippen LogP contribution in [-0.2, 0) is 10.2 Å². The molecule has 5 heteroatoms. The number of hydrogen-bond acceptors (Lipinski definition) is 5. The molecule has 0 fully saturated rings. The number of Topliss-reactive ketones (excluding diaryl/α,β-unsaturated/α-hetero) is 1. The molecule has 3 rings (SSSR count). The summed E-state index contributed by atoms with van der Waals surface area (Å²) in [4.78, 5) is 24.8. The van der Waals surface area contributed by atoms with Crippen molar-refractivity contribution < 1.29 is 23.8 Å². The van der Waals surface area contributed by atoms with Gasteiger partial charge in [0.1, 0.15) is 0 Å². The summed E-state index contributed by atoms with van der Waals surface area (Å²) in [5.41, 5.74) is 1.99. The van der Waals surface area contributed by atoms with E-state index < -0.39 is 12.1 Å². The molecule has 1 heterocycles. The average molecular weight is 354 g/mol. The monoisotopic (exact) mass is 354 g/mol. The molecule has 136 valence electrons. The minimum absolute atomic E-state index is 0.0129. The Bertz CT molecular complexity index is 830. The molecule has 0 saturated carbocycles. The number of benzene rings is 2. The first-order valence-electron chi connectivity index (χ1n) is 8.51. The van der Waals surface area contributed by atoms with Crippen LogP contribution < -0.4 is 9.47 Å². The highest BCUT2D eigenvalue weighted by Gasteiger charge is 2.23. The molecular weight excluding hydrogens is 332 g/mol. The van der Waals surface area contributed by atoms with Crippen LogP contribution in [0.5, 0.6) is 11.5 Å². The molecule has 0 N–H and O–H groups in total. The lowest BCUT2D eigenvalue weighted by Crippen LogP contribution is -2.24. The van der Waals surface area contributed by atoms with Gasteiger partial charge in [-0.05, 0) is 36.1 Å². The molecule has 5 nitrogen and oxygen atoms in total. The fourth-order valence-electron chi connectivity index (χ4n) is 2.67. The molecule has 0 spiro atoms. The second-order valence-electron chi connectivity index (χ2n) is 7.31. The number of ether oxygens (including phenoxy) is 3. The van der Waals surface area contributed by atoms with Gasteiger partial charge in [-0.3, -0.25) is 4.79 Å². The Kier molecular flexibility index (Phi) is 4.72. The lowest BCUT2D eigenvalue weighted by Gasteiger charge is -2.19. The number of esters is 1. The van der Waals surface area contributed by atoms with E-state index in [9.17, 15) is 9.59 Å². The molecule has 0 saturated heterocycles. The van der Waals surface area contributed by atoms with Gasteiger partial charge in [0.2, 0.25) is 12.6 Å². The van der Waals surface area contributed by atoms with Crippen LogP contribution in [0.4, 0.5) is 0 Å². The summed E-state index contributed by atoms with van der Waals surface area (Å²) in [6, 6.07) is 12.2. The van der Waals surface area contributed by atoms with Crippen molar-refractivity contribution in [2.45, 2.75) is 39.2 Å². The second-order valence-corrected chi connectivity index (χ2v) is 7.31. The maximum Gasteiger partial charge on any atom is 0.338 e. The first kappa shape index (κ1) is 18.0. The Morgan fingerprint density at radius 3 is 2.23 bits per heavy atom. The van der Waals surface area contributed by atoms with E-state index in [1.807, 2.05) is 12.1 Å². The van der Waals surface area contributed by atoms with E-state index in [0.29, 0.717) is 22.6 Å². The molecule has 0 aromatic heterocycles. The van der Waals surface area contributed by atoms with Crippen molar-refractivity contribution in [1.29, 1.82) is 0 Å². The molecule has 1 aliphatic heterocycles. The van der Waals surface area contributed by atoms with Gasteiger partial charge < -0.3 is 14.2 Å². The van der Waals surface area contributed by atoms with Crippen LogP contribution >= 0.6 is 0 Å². The van der Waals surface area contributed by atoms with E-state index in [-0.39, 0.29) is 18.0 Å². The van der Waals surface area contributed by atoms with Crippen molar-refractivity contribution >= 4 is 11.8 Å². The molecule has 0 unspecified atom stereocenters. The minimum atomic E-state index is -0.881. The third kappa shape index (κ3) is 3.72. The Hall–Kier alpha value is -2.82. The Morgan fingerprint density at radius 1 is 0.962 bits per heavy atom. The van der Waals surface area contributed by atoms with Crippen LogP contribution in [-0.4, -0.2) is 24.6 Å². The van der Waals surface area contributed by atoms with Gasteiger partial charge in [0, 0.05) is 5.56 Å². The van der Waals surface area contributed by atoms with Crippen molar-refractivity contribution in [2.24, 2.45) is 0 Å². The highest BCUT2D eigenvalue weighted by atomic mass is 16.7. The lowest BCUT2D eigenvalue weighted by molar-refractivity contribution is 0.0318. The summed E-state index contributed by atoms with van der Waals surface area (Å²) in [5.74, 6) is 0.274. The fraction of sp³-hybridized carbons (Fsp3) is 0.333. The fourth-order valence-corrected chi connectivity index (χ4v) is 2.67. The highest BCUT2D eigenvalue weighted by Crippen LogP contribution is 2.32. The summed E-state index contributed by atoms with van der Waals surface area (Å²) in [6.45, 7) is 8.04. The molecule has 2 aromatic rings. The van der Waals surface area contributed by atoms with Crippen molar-refractivity contribution in [2.75, 3.05) is 6.79 Å². The zero-order chi connectivity index (χ0) is 18.9. The van der Waals surface area contributed by atoms with Gasteiger partial charge in [-0.25, -0.2) is 4.79 Å². The highest BCUT2D eigenvalue weighted by molar-refractivity contribution is 6.01. The summed E-state index contributed by atoms with van der Waals surface area (Å²) >= 11 is 0. The number of ketones is 1. The summed E-state index contributed by atoms with van der Waals surface area (Å²) < 4.78 is 15.8. The van der Waals surface area contributed by atoms with Crippen LogP contribution in [0.25, 0.3) is 0 Å². The standard InChI is InChI=1S/C21H22O5/c1-13(19(22)14-5-8-16(9-6-14)21(2,3)4)26-20(23)15-7-10-17-18(11-15)25-12-24-17/h5-11,13H,12H2,1-4H3/t13-/m1/s1. The minimum Gasteiger partial charge on any atom is -0.454 e. The quantitative estimate of drug-likeness (QED) is 0.610. The average Bonchev–Trinajstić information content (AvgIpc) is 3.08. The predicted molar refractivity (Wildman–Crippen MR) is 96.9 cm³/mol. The van der Waals surface area contributed by atoms with Gasteiger partial charge in [-0.15, -0.1) is 0 Å². The number of hydrogen-bond donors (Lipinski definition) is 0. The van der Waals surface area contributed by atoms with Crippen LogP contribution in [0, 0.1) is 0 Å². The lowest BCUT2D eigenvalue weighted by atomic mass is 9.86. The van der Waals surface area contributed by atoms with E-state index in [1.54, 1.807) is 37.3 Å². The first-order chi connectivity index (χ1) is 12.3. The Labute approximate surface area is 152 Å². The van der Waals surface area contributed by atoms with Crippen molar-refractivity contribution in [3.05, 3.63) is 59.2 Å². The van der Waals surface area contributed by atoms with Crippen molar-refractivity contribution in [3.63, 3.8) is 0 Å². The number of fused-ring (bicyclic) bond motifs is 1. The normalized spacial score (nSPS) is 14.0. The van der Waals surface area contributed by atoms with E-state index in [2.05, 4.69) is 20.8 Å². The Balaban J connectivity index is 1.68. The van der Waals surface area contributed by atoms with Crippen LogP contribution in [0.3, 0.4) is 0 Å². The maximum absolute atomic E-state index is 12.5. The molecular formula is C21H22O5. The summed E-state index contributed by atoms with van der Waals surface area (Å²) in [7, 11) is 0. The van der Waals surface area contributed by atoms with Crippen LogP contribution in [0.2, 0.25) is 0 Å². The van der Waals surface area contributed by atoms with Crippen LogP contribution in [0.1, 0.15) is 54.0 Å². The topological polar surface area (TPSA) is 61.8 Å². The van der Waals surface area contributed by atoms with Gasteiger partial charge in [-0.2, -0.15) is 0 Å². The van der Waals surface area contributed by atoms with Gasteiger partial charge in [0.05, 0.1) is 5.56 Å². The smallest absolute Gasteiger partial charge is 0.338 e. The largest absolute Gasteiger partial charge is 0.454 e. The van der Waals surface area contributed by atoms with Gasteiger partial charge in [0.25, 0.3) is 0 Å². The zero-order valence-electron chi connectivity index (χ0n) is 15.4. The first-order valence-corrected chi connectivity index (χ1v) is 8.51. The van der Waals surface area contributed by atoms with Gasteiger partial charge in [0.15, 0.2) is 17.6 Å². The molecule has 0 bridgehead atoms. The molecule has 26 heavy (non-hydrogen) atoms.